The third kappa shape index (κ3) is 2.96. The van der Waals surface area contributed by atoms with Crippen LogP contribution in [0.1, 0.15) is 25.7 Å². The summed E-state index contributed by atoms with van der Waals surface area (Å²) in [6.07, 6.45) is 4.74. The summed E-state index contributed by atoms with van der Waals surface area (Å²) >= 11 is 0. The second kappa shape index (κ2) is 5.17. The summed E-state index contributed by atoms with van der Waals surface area (Å²) in [4.78, 5) is 15.4. The fourth-order valence-corrected chi connectivity index (χ4v) is 1.92. The maximum atomic E-state index is 13.3. The van der Waals surface area contributed by atoms with Gasteiger partial charge in [0.25, 0.3) is 0 Å². The lowest BCUT2D eigenvalue weighted by Gasteiger charge is -2.15. The van der Waals surface area contributed by atoms with Crippen molar-refractivity contribution in [1.82, 2.24) is 0 Å². The number of ketones is 1. The first kappa shape index (κ1) is 11.9. The van der Waals surface area contributed by atoms with Crippen molar-refractivity contribution in [3.8, 4) is 0 Å². The zero-order valence-electron chi connectivity index (χ0n) is 9.33. The summed E-state index contributed by atoms with van der Waals surface area (Å²) < 4.78 is 25.9. The lowest BCUT2D eigenvalue weighted by molar-refractivity contribution is -0.122. The van der Waals surface area contributed by atoms with Gasteiger partial charge in [-0.15, -0.1) is 0 Å². The highest BCUT2D eigenvalue weighted by Gasteiger charge is 2.20. The van der Waals surface area contributed by atoms with Crippen molar-refractivity contribution >= 4 is 17.7 Å². The molecule has 0 spiro atoms. The van der Waals surface area contributed by atoms with Crippen molar-refractivity contribution < 1.29 is 13.6 Å². The van der Waals surface area contributed by atoms with E-state index in [4.69, 9.17) is 0 Å². The average Bonchev–Trinajstić information content (AvgIpc) is 2.30. The van der Waals surface area contributed by atoms with E-state index in [0.717, 1.165) is 31.4 Å². The normalized spacial score (nSPS) is 21.1. The number of rotatable bonds is 2. The van der Waals surface area contributed by atoms with Gasteiger partial charge in [0.1, 0.15) is 11.6 Å². The van der Waals surface area contributed by atoms with E-state index in [0.29, 0.717) is 6.42 Å². The second-order valence-electron chi connectivity index (χ2n) is 4.19. The Labute approximate surface area is 98.4 Å². The monoisotopic (exact) mass is 237 g/mol. The minimum atomic E-state index is -0.704. The Kier molecular flexibility index (Phi) is 3.61. The van der Waals surface area contributed by atoms with Crippen molar-refractivity contribution in [2.24, 2.45) is 10.9 Å². The highest BCUT2D eigenvalue weighted by Crippen LogP contribution is 2.22. The highest BCUT2D eigenvalue weighted by molar-refractivity contribution is 5.95. The molecule has 4 heteroatoms. The summed E-state index contributed by atoms with van der Waals surface area (Å²) in [6.45, 7) is 0. The Morgan fingerprint density at radius 2 is 2.12 bits per heavy atom. The molecule has 0 radical (unpaired) electrons. The number of hydrogen-bond donors (Lipinski definition) is 0. The SMILES string of the molecule is O=C1CCCCC1C=Nc1ccc(F)cc1F. The van der Waals surface area contributed by atoms with Crippen molar-refractivity contribution in [2.75, 3.05) is 0 Å². The first-order valence-electron chi connectivity index (χ1n) is 5.69. The molecule has 1 aliphatic rings. The summed E-state index contributed by atoms with van der Waals surface area (Å²) in [5, 5.41) is 0. The fourth-order valence-electron chi connectivity index (χ4n) is 1.92. The Morgan fingerprint density at radius 1 is 1.29 bits per heavy atom. The van der Waals surface area contributed by atoms with Crippen LogP contribution in [0.4, 0.5) is 14.5 Å². The van der Waals surface area contributed by atoms with Crippen LogP contribution in [0.3, 0.4) is 0 Å². The molecule has 0 amide bonds. The third-order valence-electron chi connectivity index (χ3n) is 2.91. The molecule has 0 aromatic heterocycles. The maximum Gasteiger partial charge on any atom is 0.151 e. The molecule has 17 heavy (non-hydrogen) atoms. The van der Waals surface area contributed by atoms with E-state index in [1.165, 1.54) is 12.3 Å². The first-order chi connectivity index (χ1) is 8.16. The van der Waals surface area contributed by atoms with Gasteiger partial charge in [-0.05, 0) is 25.0 Å². The van der Waals surface area contributed by atoms with E-state index in [1.807, 2.05) is 0 Å². The maximum absolute atomic E-state index is 13.3. The predicted octanol–water partition coefficient (Wildman–Crippen LogP) is 3.43. The van der Waals surface area contributed by atoms with Crippen LogP contribution in [-0.2, 0) is 4.79 Å². The molecule has 1 aliphatic carbocycles. The number of carbonyl (C=O) groups excluding carboxylic acids is 1. The average molecular weight is 237 g/mol. The van der Waals surface area contributed by atoms with Crippen LogP contribution in [0.5, 0.6) is 0 Å². The number of benzene rings is 1. The first-order valence-corrected chi connectivity index (χ1v) is 5.69. The van der Waals surface area contributed by atoms with E-state index in [1.54, 1.807) is 0 Å². The Morgan fingerprint density at radius 3 is 2.82 bits per heavy atom. The summed E-state index contributed by atoms with van der Waals surface area (Å²) in [5.41, 5.74) is 0.0739. The van der Waals surface area contributed by atoms with Crippen LogP contribution in [0.15, 0.2) is 23.2 Å². The van der Waals surface area contributed by atoms with Gasteiger partial charge in [0.2, 0.25) is 0 Å². The minimum absolute atomic E-state index is 0.0739. The Bertz CT molecular complexity index is 457. The van der Waals surface area contributed by atoms with Crippen LogP contribution in [0, 0.1) is 17.6 Å². The molecule has 90 valence electrons. The van der Waals surface area contributed by atoms with Gasteiger partial charge < -0.3 is 0 Å². The lowest BCUT2D eigenvalue weighted by atomic mass is 9.89. The molecule has 0 bridgehead atoms. The molecule has 0 N–H and O–H groups in total. The van der Waals surface area contributed by atoms with Crippen LogP contribution >= 0.6 is 0 Å². The molecular weight excluding hydrogens is 224 g/mol. The summed E-state index contributed by atoms with van der Waals surface area (Å²) in [6, 6.07) is 3.21. The smallest absolute Gasteiger partial charge is 0.151 e. The molecule has 2 nitrogen and oxygen atoms in total. The second-order valence-corrected chi connectivity index (χ2v) is 4.19. The number of carbonyl (C=O) groups is 1. The topological polar surface area (TPSA) is 29.4 Å². The van der Waals surface area contributed by atoms with E-state index < -0.39 is 11.6 Å². The third-order valence-corrected chi connectivity index (χ3v) is 2.91. The molecule has 2 rings (SSSR count). The highest BCUT2D eigenvalue weighted by atomic mass is 19.1. The van der Waals surface area contributed by atoms with Crippen LogP contribution in [0.25, 0.3) is 0 Å². The molecule has 0 heterocycles. The van der Waals surface area contributed by atoms with Gasteiger partial charge in [0.05, 0.1) is 11.6 Å². The van der Waals surface area contributed by atoms with Crippen LogP contribution < -0.4 is 0 Å². The zero-order chi connectivity index (χ0) is 12.3. The van der Waals surface area contributed by atoms with Gasteiger partial charge in [-0.2, -0.15) is 0 Å². The molecule has 1 atom stereocenters. The molecule has 0 aliphatic heterocycles. The Hall–Kier alpha value is -1.58. The molecule has 1 fully saturated rings. The van der Waals surface area contributed by atoms with Crippen molar-refractivity contribution in [2.45, 2.75) is 25.7 Å². The lowest BCUT2D eigenvalue weighted by Crippen LogP contribution is -2.19. The van der Waals surface area contributed by atoms with Crippen LogP contribution in [-0.4, -0.2) is 12.0 Å². The molecule has 0 saturated heterocycles. The van der Waals surface area contributed by atoms with E-state index in [9.17, 15) is 13.6 Å². The van der Waals surface area contributed by atoms with E-state index >= 15 is 0 Å². The van der Waals surface area contributed by atoms with Gasteiger partial charge in [0.15, 0.2) is 5.82 Å². The molecule has 1 saturated carbocycles. The quantitative estimate of drug-likeness (QED) is 0.724. The minimum Gasteiger partial charge on any atom is -0.299 e. The number of halogens is 2. The summed E-state index contributed by atoms with van der Waals surface area (Å²) in [5.74, 6) is -1.39. The number of aliphatic imine (C=N–C) groups is 1. The van der Waals surface area contributed by atoms with Crippen molar-refractivity contribution in [1.29, 1.82) is 0 Å². The Balaban J connectivity index is 2.11. The molecule has 1 unspecified atom stereocenters. The molecule has 1 aromatic rings. The number of nitrogens with zero attached hydrogens (tertiary/aromatic N) is 1. The molecule has 1 aromatic carbocycles. The van der Waals surface area contributed by atoms with Crippen molar-refractivity contribution in [3.05, 3.63) is 29.8 Å². The van der Waals surface area contributed by atoms with E-state index in [-0.39, 0.29) is 17.4 Å². The van der Waals surface area contributed by atoms with Crippen LogP contribution in [0.2, 0.25) is 0 Å². The van der Waals surface area contributed by atoms with E-state index in [2.05, 4.69) is 4.99 Å². The number of hydrogen-bond acceptors (Lipinski definition) is 2. The van der Waals surface area contributed by atoms with Gasteiger partial charge in [-0.3, -0.25) is 9.79 Å². The molecular formula is C13H13F2NO. The summed E-state index contributed by atoms with van der Waals surface area (Å²) in [7, 11) is 0. The van der Waals surface area contributed by atoms with Gasteiger partial charge in [0, 0.05) is 18.7 Å². The fraction of sp³-hybridized carbons (Fsp3) is 0.385. The largest absolute Gasteiger partial charge is 0.299 e. The van der Waals surface area contributed by atoms with Gasteiger partial charge in [-0.1, -0.05) is 6.42 Å². The standard InChI is InChI=1S/C13H13F2NO/c14-10-5-6-12(11(15)7-10)16-8-9-3-1-2-4-13(9)17/h5-9H,1-4H2. The zero-order valence-corrected chi connectivity index (χ0v) is 9.33. The van der Waals surface area contributed by atoms with Gasteiger partial charge in [-0.25, -0.2) is 8.78 Å². The van der Waals surface area contributed by atoms with Gasteiger partial charge >= 0.3 is 0 Å². The number of Topliss-reactive ketones (excluding diaryl/α,β-unsaturated/α-hetero) is 1. The van der Waals surface area contributed by atoms with Crippen molar-refractivity contribution in [3.63, 3.8) is 0 Å². The predicted molar refractivity (Wildman–Crippen MR) is 61.5 cm³/mol.